The van der Waals surface area contributed by atoms with Gasteiger partial charge in [0.2, 0.25) is 0 Å². The van der Waals surface area contributed by atoms with E-state index in [-0.39, 0.29) is 22.4 Å². The fourth-order valence-electron chi connectivity index (χ4n) is 7.02. The zero-order valence-corrected chi connectivity index (χ0v) is 28.6. The van der Waals surface area contributed by atoms with E-state index in [4.69, 9.17) is 10.5 Å². The molecule has 12 heteroatoms. The molecule has 1 aliphatic carbocycles. The molecule has 2 fully saturated rings. The highest BCUT2D eigenvalue weighted by Gasteiger charge is 2.40. The van der Waals surface area contributed by atoms with Crippen molar-refractivity contribution in [2.75, 3.05) is 18.4 Å². The first-order valence-electron chi connectivity index (χ1n) is 16.2. The predicted octanol–water partition coefficient (Wildman–Crippen LogP) is 6.06. The third-order valence-corrected chi connectivity index (χ3v) is 11.4. The number of ether oxygens (including phenoxy) is 1. The Kier molecular flexibility index (Phi) is 8.36. The average Bonchev–Trinajstić information content (AvgIpc) is 3.62. The number of nitrogens with zero attached hydrogens (tertiary/aromatic N) is 4. The molecule has 1 saturated heterocycles. The van der Waals surface area contributed by atoms with Gasteiger partial charge in [-0.3, -0.25) is 9.48 Å². The van der Waals surface area contributed by atoms with Crippen molar-refractivity contribution in [3.05, 3.63) is 66.0 Å². The Morgan fingerprint density at radius 2 is 1.68 bits per heavy atom. The molecule has 2 aromatic carbocycles. The minimum Gasteiger partial charge on any atom is -0.444 e. The summed E-state index contributed by atoms with van der Waals surface area (Å²) in [4.78, 5) is 27.3. The van der Waals surface area contributed by atoms with Crippen LogP contribution in [0.1, 0.15) is 75.2 Å². The van der Waals surface area contributed by atoms with Crippen molar-refractivity contribution in [2.45, 2.75) is 82.8 Å². The minimum absolute atomic E-state index is 0.0621. The van der Waals surface area contributed by atoms with Crippen molar-refractivity contribution in [1.82, 2.24) is 18.7 Å². The van der Waals surface area contributed by atoms with E-state index in [1.54, 1.807) is 60.5 Å². The number of nitrogens with two attached hydrogens (primary N) is 1. The van der Waals surface area contributed by atoms with Crippen molar-refractivity contribution in [2.24, 2.45) is 18.2 Å². The smallest absolute Gasteiger partial charge is 0.410 e. The lowest BCUT2D eigenvalue weighted by atomic mass is 9.67. The van der Waals surface area contributed by atoms with Gasteiger partial charge < -0.3 is 20.7 Å². The van der Waals surface area contributed by atoms with E-state index in [2.05, 4.69) is 10.4 Å². The number of carbonyl (C=O) groups excluding carboxylic acids is 2. The van der Waals surface area contributed by atoms with Gasteiger partial charge in [-0.05, 0) is 102 Å². The maximum absolute atomic E-state index is 14.2. The number of aryl methyl sites for hydroxylation is 2. The second-order valence-electron chi connectivity index (χ2n) is 14.2. The monoisotopic (exact) mass is 660 g/mol. The van der Waals surface area contributed by atoms with Crippen LogP contribution >= 0.6 is 0 Å². The Balaban J connectivity index is 1.31. The van der Waals surface area contributed by atoms with Crippen LogP contribution in [-0.4, -0.2) is 63.8 Å². The molecule has 11 nitrogen and oxygen atoms in total. The largest absolute Gasteiger partial charge is 0.444 e. The number of carbonyl (C=O) groups is 2. The van der Waals surface area contributed by atoms with Crippen LogP contribution in [0.4, 0.5) is 10.5 Å². The molecule has 1 spiro atoms. The van der Waals surface area contributed by atoms with Gasteiger partial charge in [-0.15, -0.1) is 0 Å². The molecular formula is C35H44N6O5S. The molecule has 2 aliphatic rings. The van der Waals surface area contributed by atoms with Crippen LogP contribution in [0.25, 0.3) is 22.2 Å². The third-order valence-electron chi connectivity index (χ3n) is 9.64. The topological polar surface area (TPSA) is 142 Å². The molecule has 0 unspecified atom stereocenters. The molecule has 250 valence electrons. The molecule has 4 aromatic rings. The SMILES string of the molecule is Cc1ccc(S(=O)(=O)n2c(-c3cnn(C)c3)cc3c(NC4CCC5(CC4)CCN(C(=O)OC(C)(C)C)CC5)c(C(N)=O)ccc32)cc1. The Labute approximate surface area is 276 Å². The molecule has 1 saturated carbocycles. The van der Waals surface area contributed by atoms with E-state index < -0.39 is 21.5 Å². The first kappa shape index (κ1) is 32.6. The van der Waals surface area contributed by atoms with Crippen molar-refractivity contribution in [3.8, 4) is 11.3 Å². The number of nitrogens with one attached hydrogen (secondary N) is 1. The number of primary amides is 1. The van der Waals surface area contributed by atoms with Crippen molar-refractivity contribution in [3.63, 3.8) is 0 Å². The zero-order valence-electron chi connectivity index (χ0n) is 27.7. The predicted molar refractivity (Wildman–Crippen MR) is 182 cm³/mol. The Morgan fingerprint density at radius 3 is 2.26 bits per heavy atom. The molecule has 3 N–H and O–H groups in total. The summed E-state index contributed by atoms with van der Waals surface area (Å²) >= 11 is 0. The van der Waals surface area contributed by atoms with Gasteiger partial charge in [-0.25, -0.2) is 17.2 Å². The van der Waals surface area contributed by atoms with Crippen LogP contribution in [0.3, 0.4) is 0 Å². The van der Waals surface area contributed by atoms with Gasteiger partial charge in [0.05, 0.1) is 33.6 Å². The molecule has 6 rings (SSSR count). The highest BCUT2D eigenvalue weighted by atomic mass is 32.2. The van der Waals surface area contributed by atoms with Gasteiger partial charge >= 0.3 is 6.09 Å². The maximum atomic E-state index is 14.2. The first-order chi connectivity index (χ1) is 22.2. The van der Waals surface area contributed by atoms with Gasteiger partial charge in [0, 0.05) is 43.3 Å². The summed E-state index contributed by atoms with van der Waals surface area (Å²) in [6, 6.07) is 11.9. The second kappa shape index (κ2) is 12.0. The summed E-state index contributed by atoms with van der Waals surface area (Å²) in [6.45, 7) is 8.91. The summed E-state index contributed by atoms with van der Waals surface area (Å²) in [5, 5.41) is 8.52. The Hall–Kier alpha value is -4.32. The number of benzene rings is 2. The summed E-state index contributed by atoms with van der Waals surface area (Å²) in [5.41, 5.74) is 8.85. The number of fused-ring (bicyclic) bond motifs is 1. The number of hydrogen-bond acceptors (Lipinski definition) is 7. The quantitative estimate of drug-likeness (QED) is 0.256. The zero-order chi connectivity index (χ0) is 33.7. The van der Waals surface area contributed by atoms with E-state index in [1.807, 2.05) is 38.7 Å². The highest BCUT2D eigenvalue weighted by molar-refractivity contribution is 7.90. The molecule has 47 heavy (non-hydrogen) atoms. The maximum Gasteiger partial charge on any atom is 0.410 e. The third kappa shape index (κ3) is 6.47. The van der Waals surface area contributed by atoms with Gasteiger partial charge in [0.25, 0.3) is 15.9 Å². The van der Waals surface area contributed by atoms with Crippen LogP contribution in [-0.2, 0) is 21.8 Å². The summed E-state index contributed by atoms with van der Waals surface area (Å²) in [6.07, 6.45) is 8.72. The molecule has 3 heterocycles. The van der Waals surface area contributed by atoms with Gasteiger partial charge in [-0.1, -0.05) is 17.7 Å². The highest BCUT2D eigenvalue weighted by Crippen LogP contribution is 2.46. The van der Waals surface area contributed by atoms with E-state index in [9.17, 15) is 18.0 Å². The summed E-state index contributed by atoms with van der Waals surface area (Å²) in [7, 11) is -2.25. The number of likely N-dealkylation sites (tertiary alicyclic amines) is 1. The number of piperidine rings is 1. The minimum atomic E-state index is -4.03. The normalized spacial score (nSPS) is 17.3. The number of aromatic nitrogens is 3. The van der Waals surface area contributed by atoms with Gasteiger partial charge in [0.1, 0.15) is 5.60 Å². The number of rotatable bonds is 6. The fourth-order valence-corrected chi connectivity index (χ4v) is 8.54. The lowest BCUT2D eigenvalue weighted by Crippen LogP contribution is -2.47. The summed E-state index contributed by atoms with van der Waals surface area (Å²) < 4.78 is 37.0. The van der Waals surface area contributed by atoms with E-state index in [0.29, 0.717) is 46.5 Å². The molecule has 0 bridgehead atoms. The van der Waals surface area contributed by atoms with Crippen LogP contribution in [0, 0.1) is 12.3 Å². The van der Waals surface area contributed by atoms with E-state index in [0.717, 1.165) is 44.1 Å². The molecule has 0 radical (unpaired) electrons. The number of anilines is 1. The molecule has 2 aromatic heterocycles. The Morgan fingerprint density at radius 1 is 1.02 bits per heavy atom. The molecule has 1 aliphatic heterocycles. The second-order valence-corrected chi connectivity index (χ2v) is 16.0. The van der Waals surface area contributed by atoms with Gasteiger partial charge in [-0.2, -0.15) is 5.10 Å². The van der Waals surface area contributed by atoms with Crippen molar-refractivity contribution >= 4 is 38.6 Å². The number of amides is 2. The van der Waals surface area contributed by atoms with Crippen molar-refractivity contribution in [1.29, 1.82) is 0 Å². The summed E-state index contributed by atoms with van der Waals surface area (Å²) in [5.74, 6) is -0.590. The van der Waals surface area contributed by atoms with Crippen LogP contribution in [0.2, 0.25) is 0 Å². The molecule has 2 amide bonds. The molecule has 0 atom stereocenters. The van der Waals surface area contributed by atoms with Crippen LogP contribution < -0.4 is 11.1 Å². The molecular weight excluding hydrogens is 616 g/mol. The Bertz CT molecular complexity index is 1920. The van der Waals surface area contributed by atoms with E-state index >= 15 is 0 Å². The standard InChI is InChI=1S/C35H44N6O5S/c1-23-6-8-26(9-7-23)47(44,45)41-29-11-10-27(32(36)42)31(28(29)20-30(41)24-21-37-39(5)22-24)38-25-12-14-35(15-13-25)16-18-40(19-17-35)33(43)46-34(2,3)4/h6-11,20-22,25,38H,12-19H2,1-5H3,(H2,36,42). The fraction of sp³-hybridized carbons (Fsp3) is 0.457. The van der Waals surface area contributed by atoms with E-state index in [1.165, 1.54) is 3.97 Å². The number of hydrogen-bond donors (Lipinski definition) is 2. The van der Waals surface area contributed by atoms with Crippen LogP contribution in [0.5, 0.6) is 0 Å². The van der Waals surface area contributed by atoms with Gasteiger partial charge in [0.15, 0.2) is 0 Å². The van der Waals surface area contributed by atoms with Crippen LogP contribution in [0.15, 0.2) is 59.8 Å². The van der Waals surface area contributed by atoms with Crippen molar-refractivity contribution < 1.29 is 22.7 Å². The average molecular weight is 661 g/mol. The lowest BCUT2D eigenvalue weighted by molar-refractivity contribution is 0.00393. The lowest BCUT2D eigenvalue weighted by Gasteiger charge is -2.46. The first-order valence-corrected chi connectivity index (χ1v) is 17.6.